The van der Waals surface area contributed by atoms with E-state index in [4.69, 9.17) is 5.26 Å². The molecule has 10 heavy (non-hydrogen) atoms. The molecule has 1 heterocycles. The first kappa shape index (κ1) is 7.64. The molecular formula is C7H7NS2. The first-order valence-corrected chi connectivity index (χ1v) is 4.75. The Balaban J connectivity index is 2.59. The van der Waals surface area contributed by atoms with Crippen LogP contribution in [0, 0.1) is 18.3 Å². The van der Waals surface area contributed by atoms with Crippen molar-refractivity contribution in [1.29, 1.82) is 5.26 Å². The Morgan fingerprint density at radius 2 is 2.60 bits per heavy atom. The first-order valence-electron chi connectivity index (χ1n) is 2.88. The Kier molecular flexibility index (Phi) is 2.79. The van der Waals surface area contributed by atoms with Gasteiger partial charge in [0.1, 0.15) is 0 Å². The van der Waals surface area contributed by atoms with Crippen molar-refractivity contribution in [3.63, 3.8) is 0 Å². The number of nitriles is 1. The van der Waals surface area contributed by atoms with Crippen LogP contribution in [-0.2, 0) is 0 Å². The Morgan fingerprint density at radius 1 is 1.80 bits per heavy atom. The van der Waals surface area contributed by atoms with Crippen LogP contribution in [0.2, 0.25) is 0 Å². The maximum Gasteiger partial charge on any atom is 0.0863 e. The van der Waals surface area contributed by atoms with E-state index < -0.39 is 0 Å². The molecule has 0 spiro atoms. The Bertz CT molecular complexity index is 246. The fraction of sp³-hybridized carbons (Fsp3) is 0.286. The van der Waals surface area contributed by atoms with E-state index in [0.29, 0.717) is 5.75 Å². The van der Waals surface area contributed by atoms with Gasteiger partial charge in [-0.05, 0) is 23.9 Å². The summed E-state index contributed by atoms with van der Waals surface area (Å²) >= 11 is 3.31. The van der Waals surface area contributed by atoms with Crippen LogP contribution >= 0.6 is 23.1 Å². The number of rotatable bonds is 2. The van der Waals surface area contributed by atoms with Gasteiger partial charge in [0, 0.05) is 0 Å². The van der Waals surface area contributed by atoms with Gasteiger partial charge in [0.15, 0.2) is 0 Å². The highest BCUT2D eigenvalue weighted by atomic mass is 32.2. The summed E-state index contributed by atoms with van der Waals surface area (Å²) in [5.74, 6) is 0.557. The summed E-state index contributed by atoms with van der Waals surface area (Å²) < 4.78 is 1.27. The fourth-order valence-corrected chi connectivity index (χ4v) is 2.36. The van der Waals surface area contributed by atoms with Gasteiger partial charge in [-0.15, -0.1) is 11.3 Å². The Morgan fingerprint density at radius 3 is 3.10 bits per heavy atom. The molecule has 0 unspecified atom stereocenters. The highest BCUT2D eigenvalue weighted by molar-refractivity contribution is 8.01. The maximum absolute atomic E-state index is 8.29. The van der Waals surface area contributed by atoms with Crippen molar-refractivity contribution in [3.05, 3.63) is 17.0 Å². The lowest BCUT2D eigenvalue weighted by molar-refractivity contribution is 1.42. The normalized spacial score (nSPS) is 9.20. The molecule has 0 radical (unpaired) electrons. The zero-order valence-electron chi connectivity index (χ0n) is 5.63. The van der Waals surface area contributed by atoms with E-state index >= 15 is 0 Å². The van der Waals surface area contributed by atoms with Gasteiger partial charge < -0.3 is 0 Å². The maximum atomic E-state index is 8.29. The van der Waals surface area contributed by atoms with Crippen LogP contribution in [0.4, 0.5) is 0 Å². The first-order chi connectivity index (χ1) is 4.84. The number of aryl methyl sites for hydroxylation is 1. The van der Waals surface area contributed by atoms with Crippen LogP contribution in [0.3, 0.4) is 0 Å². The zero-order valence-corrected chi connectivity index (χ0v) is 7.26. The van der Waals surface area contributed by atoms with Gasteiger partial charge >= 0.3 is 0 Å². The second kappa shape index (κ2) is 3.65. The van der Waals surface area contributed by atoms with Crippen molar-refractivity contribution >= 4 is 23.1 Å². The second-order valence-corrected chi connectivity index (χ2v) is 4.00. The van der Waals surface area contributed by atoms with Crippen molar-refractivity contribution < 1.29 is 0 Å². The second-order valence-electron chi connectivity index (χ2n) is 1.84. The van der Waals surface area contributed by atoms with E-state index in [1.165, 1.54) is 9.77 Å². The molecule has 1 nitrogen and oxygen atoms in total. The molecule has 0 aromatic carbocycles. The third-order valence-corrected chi connectivity index (χ3v) is 3.39. The molecule has 0 aliphatic rings. The highest BCUT2D eigenvalue weighted by Gasteiger charge is 1.97. The minimum absolute atomic E-state index is 0.557. The topological polar surface area (TPSA) is 23.8 Å². The Labute approximate surface area is 68.7 Å². The van der Waals surface area contributed by atoms with Crippen LogP contribution in [0.1, 0.15) is 5.56 Å². The predicted octanol–water partition coefficient (Wildman–Crippen LogP) is 2.67. The van der Waals surface area contributed by atoms with Gasteiger partial charge in [-0.2, -0.15) is 5.26 Å². The van der Waals surface area contributed by atoms with Crippen LogP contribution in [0.15, 0.2) is 15.7 Å². The number of thiophene rings is 1. The molecular weight excluding hydrogens is 162 g/mol. The molecule has 0 fully saturated rings. The molecule has 0 bridgehead atoms. The molecule has 0 saturated heterocycles. The summed E-state index contributed by atoms with van der Waals surface area (Å²) in [6.07, 6.45) is 0. The van der Waals surface area contributed by atoms with Crippen LogP contribution in [-0.4, -0.2) is 5.75 Å². The number of thioether (sulfide) groups is 1. The standard InChI is InChI=1S/C7H7NS2/c1-6-2-4-9-7(6)10-5-3-8/h2,4H,5H2,1H3. The SMILES string of the molecule is Cc1ccsc1SCC#N. The number of nitrogens with zero attached hydrogens (tertiary/aromatic N) is 1. The molecule has 0 aliphatic carbocycles. The molecule has 0 aliphatic heterocycles. The summed E-state index contributed by atoms with van der Waals surface area (Å²) in [6.45, 7) is 2.07. The third kappa shape index (κ3) is 1.76. The molecule has 0 atom stereocenters. The molecule has 52 valence electrons. The van der Waals surface area contributed by atoms with E-state index in [0.717, 1.165) is 0 Å². The largest absolute Gasteiger partial charge is 0.197 e. The van der Waals surface area contributed by atoms with Crippen molar-refractivity contribution in [3.8, 4) is 6.07 Å². The van der Waals surface area contributed by atoms with E-state index in [9.17, 15) is 0 Å². The van der Waals surface area contributed by atoms with Crippen molar-refractivity contribution in [2.45, 2.75) is 11.1 Å². The van der Waals surface area contributed by atoms with E-state index in [1.807, 2.05) is 0 Å². The molecule has 1 aromatic heterocycles. The summed E-state index contributed by atoms with van der Waals surface area (Å²) in [6, 6.07) is 4.18. The number of hydrogen-bond acceptors (Lipinski definition) is 3. The molecule has 3 heteroatoms. The zero-order chi connectivity index (χ0) is 7.40. The van der Waals surface area contributed by atoms with Crippen LogP contribution in [0.25, 0.3) is 0 Å². The van der Waals surface area contributed by atoms with Gasteiger partial charge in [-0.1, -0.05) is 11.8 Å². The van der Waals surface area contributed by atoms with Crippen molar-refractivity contribution in [2.24, 2.45) is 0 Å². The lowest BCUT2D eigenvalue weighted by Crippen LogP contribution is -1.70. The smallest absolute Gasteiger partial charge is 0.0863 e. The van der Waals surface area contributed by atoms with Gasteiger partial charge in [-0.3, -0.25) is 0 Å². The number of hydrogen-bond donors (Lipinski definition) is 0. The van der Waals surface area contributed by atoms with Gasteiger partial charge in [0.05, 0.1) is 16.0 Å². The van der Waals surface area contributed by atoms with Crippen LogP contribution < -0.4 is 0 Å². The highest BCUT2D eigenvalue weighted by Crippen LogP contribution is 2.27. The Hall–Kier alpha value is -0.460. The average Bonchev–Trinajstić information content (AvgIpc) is 2.31. The quantitative estimate of drug-likeness (QED) is 0.635. The monoisotopic (exact) mass is 169 g/mol. The molecule has 0 saturated carbocycles. The van der Waals surface area contributed by atoms with Crippen LogP contribution in [0.5, 0.6) is 0 Å². The molecule has 1 aromatic rings. The van der Waals surface area contributed by atoms with E-state index in [-0.39, 0.29) is 0 Å². The minimum atomic E-state index is 0.557. The summed E-state index contributed by atoms with van der Waals surface area (Å²) in [7, 11) is 0. The van der Waals surface area contributed by atoms with Gasteiger partial charge in [-0.25, -0.2) is 0 Å². The van der Waals surface area contributed by atoms with E-state index in [2.05, 4.69) is 24.4 Å². The average molecular weight is 169 g/mol. The van der Waals surface area contributed by atoms with Gasteiger partial charge in [0.25, 0.3) is 0 Å². The lowest BCUT2D eigenvalue weighted by Gasteiger charge is -1.90. The predicted molar refractivity (Wildman–Crippen MR) is 45.4 cm³/mol. The third-order valence-electron chi connectivity index (χ3n) is 1.08. The van der Waals surface area contributed by atoms with E-state index in [1.54, 1.807) is 23.1 Å². The van der Waals surface area contributed by atoms with Gasteiger partial charge in [0.2, 0.25) is 0 Å². The molecule has 0 amide bonds. The fourth-order valence-electron chi connectivity index (χ4n) is 0.605. The lowest BCUT2D eigenvalue weighted by atomic mass is 10.4. The van der Waals surface area contributed by atoms with Crippen molar-refractivity contribution in [1.82, 2.24) is 0 Å². The molecule has 0 N–H and O–H groups in total. The summed E-state index contributed by atoms with van der Waals surface area (Å²) in [4.78, 5) is 0. The molecule has 1 rings (SSSR count). The van der Waals surface area contributed by atoms with Crippen molar-refractivity contribution in [2.75, 3.05) is 5.75 Å². The summed E-state index contributed by atoms with van der Waals surface area (Å²) in [5, 5.41) is 10.3. The minimum Gasteiger partial charge on any atom is -0.197 e. The summed E-state index contributed by atoms with van der Waals surface area (Å²) in [5.41, 5.74) is 1.28.